The van der Waals surface area contributed by atoms with Crippen LogP contribution in [0.5, 0.6) is 0 Å². The van der Waals surface area contributed by atoms with Gasteiger partial charge in [-0.3, -0.25) is 14.1 Å². The van der Waals surface area contributed by atoms with Gasteiger partial charge >= 0.3 is 0 Å². The number of carbonyl (C=O) groups excluding carboxylic acids is 2. The van der Waals surface area contributed by atoms with Crippen LogP contribution in [0.25, 0.3) is 0 Å². The smallest absolute Gasteiger partial charge is 0.279 e. The van der Waals surface area contributed by atoms with Crippen molar-refractivity contribution >= 4 is 11.7 Å². The first-order valence-electron chi connectivity index (χ1n) is 6.97. The molecule has 1 unspecified atom stereocenters. The van der Waals surface area contributed by atoms with E-state index in [2.05, 4.69) is 10.6 Å². The predicted octanol–water partition coefficient (Wildman–Crippen LogP) is 0.422. The Bertz CT molecular complexity index is 364. The van der Waals surface area contributed by atoms with Gasteiger partial charge in [0.05, 0.1) is 26.3 Å². The van der Waals surface area contributed by atoms with E-state index in [9.17, 15) is 9.59 Å². The van der Waals surface area contributed by atoms with Gasteiger partial charge in [-0.25, -0.2) is 0 Å². The Balaban J connectivity index is 2.50. The molecule has 0 saturated heterocycles. The van der Waals surface area contributed by atoms with Crippen LogP contribution in [0.1, 0.15) is 26.7 Å². The third-order valence-corrected chi connectivity index (χ3v) is 3.62. The van der Waals surface area contributed by atoms with Crippen molar-refractivity contribution in [2.45, 2.75) is 38.8 Å². The molecule has 5 heteroatoms. The van der Waals surface area contributed by atoms with Gasteiger partial charge in [0.15, 0.2) is 11.8 Å². The van der Waals surface area contributed by atoms with E-state index in [0.29, 0.717) is 17.4 Å². The molecule has 0 radical (unpaired) electrons. The van der Waals surface area contributed by atoms with Crippen molar-refractivity contribution in [1.82, 2.24) is 10.6 Å². The van der Waals surface area contributed by atoms with Crippen molar-refractivity contribution in [3.63, 3.8) is 0 Å². The summed E-state index contributed by atoms with van der Waals surface area (Å²) in [5, 5.41) is 6.02. The number of hydrogen-bond donors (Lipinski definition) is 2. The lowest BCUT2D eigenvalue weighted by atomic mass is 10.1. The van der Waals surface area contributed by atoms with E-state index >= 15 is 0 Å². The summed E-state index contributed by atoms with van der Waals surface area (Å²) >= 11 is 0. The molecule has 5 nitrogen and oxygen atoms in total. The summed E-state index contributed by atoms with van der Waals surface area (Å²) in [6, 6.07) is -0.358. The number of carbonyl (C=O) groups is 2. The van der Waals surface area contributed by atoms with Gasteiger partial charge in [0.1, 0.15) is 0 Å². The van der Waals surface area contributed by atoms with Crippen LogP contribution >= 0.6 is 0 Å². The van der Waals surface area contributed by atoms with Crippen LogP contribution < -0.4 is 10.6 Å². The maximum Gasteiger partial charge on any atom is 0.279 e. The average Bonchev–Trinajstić information content (AvgIpc) is 2.72. The molecule has 0 aromatic carbocycles. The van der Waals surface area contributed by atoms with Gasteiger partial charge < -0.3 is 10.6 Å². The summed E-state index contributed by atoms with van der Waals surface area (Å²) in [5.74, 6) is 0.155. The number of hydrogen-bond acceptors (Lipinski definition) is 3. The average molecular weight is 268 g/mol. The highest BCUT2D eigenvalue weighted by atomic mass is 16.2. The number of ketones is 1. The molecule has 0 saturated carbocycles. The summed E-state index contributed by atoms with van der Waals surface area (Å²) in [4.78, 5) is 23.9. The molecule has 1 aliphatic rings. The Morgan fingerprint density at radius 1 is 1.37 bits per heavy atom. The second-order valence-corrected chi connectivity index (χ2v) is 5.44. The lowest BCUT2D eigenvalue weighted by Gasteiger charge is -2.29. The Morgan fingerprint density at radius 2 is 2.05 bits per heavy atom. The van der Waals surface area contributed by atoms with Gasteiger partial charge in [-0.05, 0) is 12.6 Å². The number of nitrogens with zero attached hydrogens (tertiary/aromatic N) is 1. The Kier molecular flexibility index (Phi) is 5.69. The fourth-order valence-electron chi connectivity index (χ4n) is 2.36. The van der Waals surface area contributed by atoms with E-state index in [4.69, 9.17) is 0 Å². The van der Waals surface area contributed by atoms with Gasteiger partial charge in [-0.15, -0.1) is 0 Å². The molecule has 1 heterocycles. The Hall–Kier alpha value is -1.20. The summed E-state index contributed by atoms with van der Waals surface area (Å²) in [5.41, 5.74) is 0. The number of rotatable bonds is 7. The molecule has 108 valence electrons. The number of amides is 1. The fourth-order valence-corrected chi connectivity index (χ4v) is 2.36. The predicted molar refractivity (Wildman–Crippen MR) is 75.4 cm³/mol. The summed E-state index contributed by atoms with van der Waals surface area (Å²) < 4.78 is 0.569. The maximum atomic E-state index is 12.2. The fraction of sp³-hybridized carbons (Fsp3) is 0.714. The molecule has 19 heavy (non-hydrogen) atoms. The number of nitrogens with one attached hydrogen (secondary N) is 2. The standard InChI is InChI=1S/C14H25N3O2/c1-5-13(18)11(15-6-2)10-16-14(19)12-8-7-9-17(12,3)4/h7,9,11-12,15H,5-6,8,10H2,1-4H3/p+1/t11-,12?/m0/s1. The van der Waals surface area contributed by atoms with E-state index in [1.54, 1.807) is 0 Å². The SMILES string of the molecule is CCN[C@@H](CNC(=O)C1CC=C[N+]1(C)C)C(=O)CC. The molecular formula is C14H26N3O2+. The lowest BCUT2D eigenvalue weighted by Crippen LogP contribution is -2.53. The normalized spacial score (nSPS) is 22.2. The highest BCUT2D eigenvalue weighted by Gasteiger charge is 2.36. The molecule has 1 aliphatic heterocycles. The highest BCUT2D eigenvalue weighted by molar-refractivity contribution is 5.86. The van der Waals surface area contributed by atoms with Crippen LogP contribution in [0.4, 0.5) is 0 Å². The molecule has 0 fully saturated rings. The number of Topliss-reactive ketones (excluding diaryl/α,β-unsaturated/α-hetero) is 1. The van der Waals surface area contributed by atoms with Crippen LogP contribution in [0.15, 0.2) is 12.3 Å². The first kappa shape index (κ1) is 15.9. The van der Waals surface area contributed by atoms with Gasteiger partial charge in [0, 0.05) is 19.4 Å². The first-order valence-corrected chi connectivity index (χ1v) is 6.97. The van der Waals surface area contributed by atoms with Gasteiger partial charge in [0.25, 0.3) is 5.91 Å². The van der Waals surface area contributed by atoms with Crippen molar-refractivity contribution in [2.24, 2.45) is 0 Å². The first-order chi connectivity index (χ1) is 8.92. The van der Waals surface area contributed by atoms with Crippen molar-refractivity contribution in [2.75, 3.05) is 27.2 Å². The molecule has 0 bridgehead atoms. The number of likely N-dealkylation sites (N-methyl/N-ethyl adjacent to an activating group) is 2. The zero-order valence-electron chi connectivity index (χ0n) is 12.4. The third kappa shape index (κ3) is 4.14. The monoisotopic (exact) mass is 268 g/mol. The lowest BCUT2D eigenvalue weighted by molar-refractivity contribution is -0.849. The van der Waals surface area contributed by atoms with E-state index in [1.807, 2.05) is 40.2 Å². The van der Waals surface area contributed by atoms with Gasteiger partial charge in [-0.2, -0.15) is 0 Å². The van der Waals surface area contributed by atoms with E-state index in [0.717, 1.165) is 13.0 Å². The van der Waals surface area contributed by atoms with E-state index < -0.39 is 0 Å². The summed E-state index contributed by atoms with van der Waals surface area (Å²) in [6.45, 7) is 4.89. The quantitative estimate of drug-likeness (QED) is 0.658. The van der Waals surface area contributed by atoms with Crippen molar-refractivity contribution in [3.05, 3.63) is 12.3 Å². The Morgan fingerprint density at radius 3 is 2.53 bits per heavy atom. The van der Waals surface area contributed by atoms with Gasteiger partial charge in [0.2, 0.25) is 0 Å². The molecule has 1 amide bonds. The second kappa shape index (κ2) is 6.82. The minimum Gasteiger partial charge on any atom is -0.349 e. The molecule has 0 aliphatic carbocycles. The highest BCUT2D eigenvalue weighted by Crippen LogP contribution is 2.19. The zero-order chi connectivity index (χ0) is 14.5. The van der Waals surface area contributed by atoms with Crippen molar-refractivity contribution in [3.8, 4) is 0 Å². The Labute approximate surface area is 115 Å². The van der Waals surface area contributed by atoms with Crippen molar-refractivity contribution < 1.29 is 14.1 Å². The third-order valence-electron chi connectivity index (χ3n) is 3.62. The summed E-state index contributed by atoms with van der Waals surface area (Å²) in [7, 11) is 4.01. The molecular weight excluding hydrogens is 242 g/mol. The van der Waals surface area contributed by atoms with Crippen LogP contribution in [-0.2, 0) is 9.59 Å². The minimum atomic E-state index is -0.274. The number of quaternary nitrogens is 1. The van der Waals surface area contributed by atoms with Gasteiger partial charge in [-0.1, -0.05) is 13.8 Å². The van der Waals surface area contributed by atoms with Crippen LogP contribution in [0.2, 0.25) is 0 Å². The zero-order valence-corrected chi connectivity index (χ0v) is 12.4. The van der Waals surface area contributed by atoms with E-state index in [1.165, 1.54) is 0 Å². The molecule has 0 aromatic heterocycles. The van der Waals surface area contributed by atoms with Crippen LogP contribution in [0.3, 0.4) is 0 Å². The summed E-state index contributed by atoms with van der Waals surface area (Å²) in [6.07, 6.45) is 5.30. The van der Waals surface area contributed by atoms with Crippen LogP contribution in [-0.4, -0.2) is 55.4 Å². The molecule has 1 rings (SSSR count). The maximum absolute atomic E-state index is 12.2. The topological polar surface area (TPSA) is 58.2 Å². The van der Waals surface area contributed by atoms with E-state index in [-0.39, 0.29) is 23.8 Å². The molecule has 0 spiro atoms. The minimum absolute atomic E-state index is 0.0156. The second-order valence-electron chi connectivity index (χ2n) is 5.44. The van der Waals surface area contributed by atoms with Crippen LogP contribution in [0, 0.1) is 0 Å². The molecule has 2 N–H and O–H groups in total. The largest absolute Gasteiger partial charge is 0.349 e. The molecule has 0 aromatic rings. The van der Waals surface area contributed by atoms with Crippen molar-refractivity contribution in [1.29, 1.82) is 0 Å². The molecule has 2 atom stereocenters.